The van der Waals surface area contributed by atoms with Gasteiger partial charge in [0.2, 0.25) is 5.91 Å². The Morgan fingerprint density at radius 3 is 2.95 bits per heavy atom. The minimum absolute atomic E-state index is 0.0234. The number of aromatic nitrogens is 1. The molecule has 2 atom stereocenters. The van der Waals surface area contributed by atoms with Gasteiger partial charge in [0.05, 0.1) is 11.6 Å². The van der Waals surface area contributed by atoms with Crippen LogP contribution < -0.4 is 9.47 Å². The third-order valence-corrected chi connectivity index (χ3v) is 4.32. The number of hydrogen-bond donors (Lipinski definition) is 1. The Kier molecular flexibility index (Phi) is 3.28. The van der Waals surface area contributed by atoms with Gasteiger partial charge in [-0.15, -0.1) is 0 Å². The number of aliphatic hydroxyl groups excluding tert-OH is 1. The van der Waals surface area contributed by atoms with E-state index in [1.54, 1.807) is 24.8 Å². The summed E-state index contributed by atoms with van der Waals surface area (Å²) in [4.78, 5) is 13.9. The van der Waals surface area contributed by atoms with Gasteiger partial charge in [0.15, 0.2) is 12.4 Å². The summed E-state index contributed by atoms with van der Waals surface area (Å²) in [5, 5.41) is 22.3. The molecule has 21 heavy (non-hydrogen) atoms. The SMILES string of the molecule is CC1(C)Oc2cc[n+]([O-])cc2[C@@H](N2CCCCC2=O)[C@@H]1O. The number of likely N-dealkylation sites (tertiary alicyclic amines) is 1. The third kappa shape index (κ3) is 2.33. The van der Waals surface area contributed by atoms with Gasteiger partial charge in [-0.25, -0.2) is 0 Å². The summed E-state index contributed by atoms with van der Waals surface area (Å²) in [7, 11) is 0. The van der Waals surface area contributed by atoms with Crippen molar-refractivity contribution in [1.29, 1.82) is 0 Å². The fourth-order valence-corrected chi connectivity index (χ4v) is 3.15. The largest absolute Gasteiger partial charge is 0.619 e. The Hall–Kier alpha value is -1.82. The van der Waals surface area contributed by atoms with Crippen LogP contribution in [-0.2, 0) is 4.79 Å². The van der Waals surface area contributed by atoms with E-state index in [9.17, 15) is 15.1 Å². The lowest BCUT2D eigenvalue weighted by Gasteiger charge is -2.46. The number of hydrogen-bond acceptors (Lipinski definition) is 4. The zero-order valence-corrected chi connectivity index (χ0v) is 12.3. The number of rotatable bonds is 1. The van der Waals surface area contributed by atoms with Gasteiger partial charge in [0.1, 0.15) is 17.5 Å². The summed E-state index contributed by atoms with van der Waals surface area (Å²) < 4.78 is 6.48. The molecular formula is C15H20N2O4. The van der Waals surface area contributed by atoms with Crippen molar-refractivity contribution in [3.05, 3.63) is 29.2 Å². The molecule has 1 fully saturated rings. The van der Waals surface area contributed by atoms with Crippen LogP contribution in [0.5, 0.6) is 5.75 Å². The number of ether oxygens (including phenoxy) is 1. The van der Waals surface area contributed by atoms with Crippen molar-refractivity contribution < 1.29 is 19.4 Å². The molecule has 114 valence electrons. The third-order valence-electron chi connectivity index (χ3n) is 4.32. The van der Waals surface area contributed by atoms with Crippen LogP contribution >= 0.6 is 0 Å². The van der Waals surface area contributed by atoms with Crippen LogP contribution in [0.4, 0.5) is 0 Å². The van der Waals surface area contributed by atoms with Gasteiger partial charge in [0.25, 0.3) is 0 Å². The van der Waals surface area contributed by atoms with E-state index >= 15 is 0 Å². The molecule has 1 amide bonds. The quantitative estimate of drug-likeness (QED) is 0.616. The summed E-state index contributed by atoms with van der Waals surface area (Å²) >= 11 is 0. The van der Waals surface area contributed by atoms with Crippen molar-refractivity contribution in [3.8, 4) is 5.75 Å². The summed E-state index contributed by atoms with van der Waals surface area (Å²) in [5.41, 5.74) is -0.237. The van der Waals surface area contributed by atoms with Crippen molar-refractivity contribution in [2.24, 2.45) is 0 Å². The van der Waals surface area contributed by atoms with Crippen LogP contribution in [0.15, 0.2) is 18.5 Å². The Balaban J connectivity index is 2.08. The lowest BCUT2D eigenvalue weighted by Crippen LogP contribution is -2.56. The fraction of sp³-hybridized carbons (Fsp3) is 0.600. The molecule has 2 aliphatic heterocycles. The number of fused-ring (bicyclic) bond motifs is 1. The Morgan fingerprint density at radius 2 is 2.24 bits per heavy atom. The van der Waals surface area contributed by atoms with Crippen LogP contribution in [-0.4, -0.2) is 34.2 Å². The highest BCUT2D eigenvalue weighted by atomic mass is 16.5. The van der Waals surface area contributed by atoms with Crippen molar-refractivity contribution in [1.82, 2.24) is 4.90 Å². The highest BCUT2D eigenvalue weighted by Crippen LogP contribution is 2.43. The molecule has 0 unspecified atom stereocenters. The normalized spacial score (nSPS) is 28.0. The van der Waals surface area contributed by atoms with Crippen molar-refractivity contribution in [3.63, 3.8) is 0 Å². The van der Waals surface area contributed by atoms with Gasteiger partial charge in [-0.05, 0) is 26.7 Å². The van der Waals surface area contributed by atoms with Gasteiger partial charge in [0, 0.05) is 19.0 Å². The average molecular weight is 292 g/mol. The number of carbonyl (C=O) groups is 1. The number of nitrogens with zero attached hydrogens (tertiary/aromatic N) is 2. The second-order valence-electron chi connectivity index (χ2n) is 6.26. The Morgan fingerprint density at radius 1 is 1.48 bits per heavy atom. The number of amides is 1. The fourth-order valence-electron chi connectivity index (χ4n) is 3.15. The van der Waals surface area contributed by atoms with Gasteiger partial charge >= 0.3 is 0 Å². The van der Waals surface area contributed by atoms with Crippen molar-refractivity contribution in [2.45, 2.75) is 50.9 Å². The molecule has 0 saturated carbocycles. The van der Waals surface area contributed by atoms with E-state index in [1.165, 1.54) is 12.4 Å². The van der Waals surface area contributed by atoms with Crippen LogP contribution in [0.1, 0.15) is 44.7 Å². The summed E-state index contributed by atoms with van der Waals surface area (Å²) in [6.07, 6.45) is 4.15. The number of carbonyl (C=O) groups excluding carboxylic acids is 1. The predicted molar refractivity (Wildman–Crippen MR) is 74.4 cm³/mol. The lowest BCUT2D eigenvalue weighted by atomic mass is 9.85. The standard InChI is InChI=1S/C15H20N2O4/c1-15(2)14(19)13(17-7-4-3-5-12(17)18)10-9-16(20)8-6-11(10)21-15/h6,8-9,13-14,19H,3-5,7H2,1-2H3/t13-,14+/m1/s1. The molecule has 1 aromatic heterocycles. The Labute approximate surface area is 123 Å². The maximum atomic E-state index is 12.2. The minimum atomic E-state index is -0.880. The van der Waals surface area contributed by atoms with E-state index in [-0.39, 0.29) is 5.91 Å². The molecule has 1 saturated heterocycles. The second kappa shape index (κ2) is 4.87. The number of pyridine rings is 1. The smallest absolute Gasteiger partial charge is 0.223 e. The summed E-state index contributed by atoms with van der Waals surface area (Å²) in [5.74, 6) is 0.580. The van der Waals surface area contributed by atoms with E-state index < -0.39 is 17.7 Å². The minimum Gasteiger partial charge on any atom is -0.619 e. The molecule has 0 aromatic carbocycles. The van der Waals surface area contributed by atoms with E-state index in [0.717, 1.165) is 12.8 Å². The van der Waals surface area contributed by atoms with Crippen LogP contribution in [0, 0.1) is 5.21 Å². The van der Waals surface area contributed by atoms with Crippen LogP contribution in [0.25, 0.3) is 0 Å². The van der Waals surface area contributed by atoms with E-state index in [4.69, 9.17) is 4.74 Å². The number of aliphatic hydroxyl groups is 1. The topological polar surface area (TPSA) is 76.7 Å². The molecule has 0 radical (unpaired) electrons. The van der Waals surface area contributed by atoms with Gasteiger partial charge in [-0.2, -0.15) is 4.73 Å². The molecule has 0 aliphatic carbocycles. The van der Waals surface area contributed by atoms with Crippen LogP contribution in [0.2, 0.25) is 0 Å². The molecule has 2 aliphatic rings. The maximum Gasteiger partial charge on any atom is 0.223 e. The molecule has 0 spiro atoms. The first kappa shape index (κ1) is 14.1. The van der Waals surface area contributed by atoms with Crippen molar-refractivity contribution >= 4 is 5.91 Å². The predicted octanol–water partition coefficient (Wildman–Crippen LogP) is 0.905. The molecule has 1 aromatic rings. The first-order chi connectivity index (χ1) is 9.90. The van der Waals surface area contributed by atoms with Crippen molar-refractivity contribution in [2.75, 3.05) is 6.54 Å². The molecule has 3 rings (SSSR count). The zero-order chi connectivity index (χ0) is 15.2. The molecule has 3 heterocycles. The van der Waals surface area contributed by atoms with Gasteiger partial charge in [-0.3, -0.25) is 4.79 Å². The Bertz CT molecular complexity index is 573. The molecule has 6 heteroatoms. The molecule has 6 nitrogen and oxygen atoms in total. The average Bonchev–Trinajstić information content (AvgIpc) is 2.42. The molecule has 1 N–H and O–H groups in total. The second-order valence-corrected chi connectivity index (χ2v) is 6.26. The van der Waals surface area contributed by atoms with Crippen LogP contribution in [0.3, 0.4) is 0 Å². The first-order valence-corrected chi connectivity index (χ1v) is 7.29. The van der Waals surface area contributed by atoms with Gasteiger partial charge in [-0.1, -0.05) is 0 Å². The lowest BCUT2D eigenvalue weighted by molar-refractivity contribution is -0.606. The maximum absolute atomic E-state index is 12.2. The van der Waals surface area contributed by atoms with Gasteiger partial charge < -0.3 is 20.0 Å². The first-order valence-electron chi connectivity index (χ1n) is 7.29. The monoisotopic (exact) mass is 292 g/mol. The highest BCUT2D eigenvalue weighted by Gasteiger charge is 2.48. The number of piperidine rings is 1. The highest BCUT2D eigenvalue weighted by molar-refractivity contribution is 5.77. The molecule has 0 bridgehead atoms. The summed E-state index contributed by atoms with van der Waals surface area (Å²) in [6, 6.07) is 1.06. The zero-order valence-electron chi connectivity index (χ0n) is 12.3. The summed E-state index contributed by atoms with van der Waals surface area (Å²) in [6.45, 7) is 4.18. The van der Waals surface area contributed by atoms with E-state index in [0.29, 0.717) is 29.0 Å². The van der Waals surface area contributed by atoms with E-state index in [1.807, 2.05) is 0 Å². The van der Waals surface area contributed by atoms with E-state index in [2.05, 4.69) is 0 Å². The molecular weight excluding hydrogens is 272 g/mol.